The number of aromatic nitrogens is 4. The van der Waals surface area contributed by atoms with Gasteiger partial charge in [0, 0.05) is 73.3 Å². The summed E-state index contributed by atoms with van der Waals surface area (Å²) in [4.78, 5) is 13.0. The van der Waals surface area contributed by atoms with Gasteiger partial charge in [0.25, 0.3) is 0 Å². The maximum atomic E-state index is 15.2. The van der Waals surface area contributed by atoms with Gasteiger partial charge in [-0.25, -0.2) is 19.3 Å². The number of hydrogen-bond acceptors (Lipinski definition) is 7. The van der Waals surface area contributed by atoms with E-state index in [9.17, 15) is 19.0 Å². The smallest absolute Gasteiger partial charge is 0.387 e. The van der Waals surface area contributed by atoms with Crippen LogP contribution in [0.3, 0.4) is 0 Å². The van der Waals surface area contributed by atoms with Crippen molar-refractivity contribution in [3.63, 3.8) is 0 Å². The number of imidazole rings is 1. The number of fused-ring (bicyclic) bond motifs is 3. The first kappa shape index (κ1) is 23.8. The zero-order chi connectivity index (χ0) is 25.7. The lowest BCUT2D eigenvalue weighted by molar-refractivity contribution is -0.0733. The van der Waals surface area contributed by atoms with Crippen LogP contribution < -0.4 is 4.74 Å². The molecule has 0 saturated carbocycles. The number of ether oxygens (including phenoxy) is 2. The zero-order valence-corrected chi connectivity index (χ0v) is 19.5. The van der Waals surface area contributed by atoms with Crippen LogP contribution in [0.5, 0.6) is 5.75 Å². The average Bonchev–Trinajstić information content (AvgIpc) is 3.41. The van der Waals surface area contributed by atoms with Gasteiger partial charge in [0.15, 0.2) is 5.82 Å². The van der Waals surface area contributed by atoms with E-state index in [1.807, 2.05) is 0 Å². The van der Waals surface area contributed by atoms with Crippen LogP contribution in [-0.4, -0.2) is 49.4 Å². The fraction of sp³-hybridized carbons (Fsp3) is 0.346. The third kappa shape index (κ3) is 4.12. The number of aliphatic hydroxyl groups excluding tert-OH is 1. The van der Waals surface area contributed by atoms with Gasteiger partial charge >= 0.3 is 6.61 Å². The molecule has 1 aliphatic carbocycles. The van der Waals surface area contributed by atoms with Crippen molar-refractivity contribution >= 4 is 5.65 Å². The number of para-hydroxylation sites is 1. The van der Waals surface area contributed by atoms with Crippen molar-refractivity contribution in [2.45, 2.75) is 43.5 Å². The molecule has 2 N–H and O–H groups in total. The first-order valence-corrected chi connectivity index (χ1v) is 11.9. The molecule has 2 atom stereocenters. The van der Waals surface area contributed by atoms with Crippen molar-refractivity contribution in [2.75, 3.05) is 13.2 Å². The van der Waals surface area contributed by atoms with Gasteiger partial charge in [0.1, 0.15) is 22.8 Å². The normalized spacial score (nSPS) is 20.9. The van der Waals surface area contributed by atoms with Gasteiger partial charge in [-0.3, -0.25) is 0 Å². The van der Waals surface area contributed by atoms with Crippen LogP contribution in [0, 0.1) is 5.82 Å². The Bertz CT molecular complexity index is 1450. The molecule has 0 radical (unpaired) electrons. The maximum absolute atomic E-state index is 15.2. The fourth-order valence-corrected chi connectivity index (χ4v) is 5.24. The average molecular weight is 512 g/mol. The van der Waals surface area contributed by atoms with Gasteiger partial charge in [0.2, 0.25) is 0 Å². The van der Waals surface area contributed by atoms with Crippen molar-refractivity contribution < 1.29 is 32.9 Å². The molecule has 4 aromatic rings. The SMILES string of the molecule is O[C@@H]1C[C@H](c2ccccc2OC(F)F)c2c1nc1cc(F)c(-c3cnc(C4(O)CCOCC4)nc3)cn21. The highest BCUT2D eigenvalue weighted by Gasteiger charge is 2.38. The molecule has 1 aromatic carbocycles. The van der Waals surface area contributed by atoms with E-state index >= 15 is 4.39 Å². The number of halogens is 3. The second-order valence-corrected chi connectivity index (χ2v) is 9.31. The lowest BCUT2D eigenvalue weighted by atomic mass is 9.93. The van der Waals surface area contributed by atoms with Crippen LogP contribution in [0.2, 0.25) is 0 Å². The van der Waals surface area contributed by atoms with Crippen molar-refractivity contribution in [1.29, 1.82) is 0 Å². The van der Waals surface area contributed by atoms with Crippen molar-refractivity contribution in [2.24, 2.45) is 0 Å². The second-order valence-electron chi connectivity index (χ2n) is 9.31. The van der Waals surface area contributed by atoms with E-state index in [4.69, 9.17) is 9.47 Å². The third-order valence-electron chi connectivity index (χ3n) is 7.09. The molecule has 1 aliphatic heterocycles. The minimum atomic E-state index is -3.00. The zero-order valence-electron chi connectivity index (χ0n) is 19.5. The molecule has 4 heterocycles. The molecule has 8 nitrogen and oxygen atoms in total. The van der Waals surface area contributed by atoms with Crippen LogP contribution in [0.15, 0.2) is 48.9 Å². The Morgan fingerprint density at radius 1 is 1.14 bits per heavy atom. The molecule has 0 bridgehead atoms. The monoisotopic (exact) mass is 512 g/mol. The topological polar surface area (TPSA) is 102 Å². The van der Waals surface area contributed by atoms with Crippen LogP contribution in [-0.2, 0) is 10.3 Å². The second kappa shape index (κ2) is 9.09. The van der Waals surface area contributed by atoms with Crippen LogP contribution in [0.1, 0.15) is 54.1 Å². The highest BCUT2D eigenvalue weighted by atomic mass is 19.3. The lowest BCUT2D eigenvalue weighted by Gasteiger charge is -2.30. The van der Waals surface area contributed by atoms with E-state index in [-0.39, 0.29) is 29.2 Å². The minimum Gasteiger partial charge on any atom is -0.435 e. The van der Waals surface area contributed by atoms with E-state index in [1.54, 1.807) is 28.8 Å². The molecule has 192 valence electrons. The molecule has 2 aliphatic rings. The predicted molar refractivity (Wildman–Crippen MR) is 125 cm³/mol. The molecule has 11 heteroatoms. The summed E-state index contributed by atoms with van der Waals surface area (Å²) < 4.78 is 53.0. The molecular formula is C26H23F3N4O4. The van der Waals surface area contributed by atoms with Crippen LogP contribution >= 0.6 is 0 Å². The quantitative estimate of drug-likeness (QED) is 0.415. The van der Waals surface area contributed by atoms with Gasteiger partial charge in [-0.15, -0.1) is 0 Å². The minimum absolute atomic E-state index is 0.00914. The highest BCUT2D eigenvalue weighted by Crippen LogP contribution is 2.47. The number of nitrogens with zero attached hydrogens (tertiary/aromatic N) is 4. The summed E-state index contributed by atoms with van der Waals surface area (Å²) in [6.07, 6.45) is 4.46. The van der Waals surface area contributed by atoms with E-state index in [0.29, 0.717) is 48.6 Å². The molecule has 3 aromatic heterocycles. The Morgan fingerprint density at radius 3 is 2.59 bits per heavy atom. The van der Waals surface area contributed by atoms with Gasteiger partial charge in [-0.2, -0.15) is 8.78 Å². The number of alkyl halides is 2. The highest BCUT2D eigenvalue weighted by molar-refractivity contribution is 5.65. The largest absolute Gasteiger partial charge is 0.435 e. The summed E-state index contributed by atoms with van der Waals surface area (Å²) in [5, 5.41) is 21.6. The Kier molecular flexibility index (Phi) is 5.85. The van der Waals surface area contributed by atoms with Crippen molar-refractivity contribution in [3.8, 4) is 16.9 Å². The van der Waals surface area contributed by atoms with Gasteiger partial charge in [-0.05, 0) is 12.5 Å². The molecular weight excluding hydrogens is 489 g/mol. The summed E-state index contributed by atoms with van der Waals surface area (Å²) in [7, 11) is 0. The Morgan fingerprint density at radius 2 is 1.86 bits per heavy atom. The summed E-state index contributed by atoms with van der Waals surface area (Å²) in [6.45, 7) is -2.20. The van der Waals surface area contributed by atoms with E-state index in [2.05, 4.69) is 15.0 Å². The Labute approximate surface area is 209 Å². The summed E-state index contributed by atoms with van der Waals surface area (Å²) in [6, 6.07) is 7.67. The van der Waals surface area contributed by atoms with Crippen LogP contribution in [0.25, 0.3) is 16.8 Å². The molecule has 0 amide bonds. The Hall–Kier alpha value is -3.54. The summed E-state index contributed by atoms with van der Waals surface area (Å²) >= 11 is 0. The molecule has 1 fully saturated rings. The fourth-order valence-electron chi connectivity index (χ4n) is 5.24. The number of hydrogen-bond donors (Lipinski definition) is 2. The van der Waals surface area contributed by atoms with E-state index in [1.165, 1.54) is 24.5 Å². The number of rotatable bonds is 5. The number of pyridine rings is 1. The third-order valence-corrected chi connectivity index (χ3v) is 7.09. The maximum Gasteiger partial charge on any atom is 0.387 e. The summed E-state index contributed by atoms with van der Waals surface area (Å²) in [5.74, 6) is -0.808. The van der Waals surface area contributed by atoms with E-state index < -0.39 is 30.1 Å². The number of aliphatic hydroxyl groups is 2. The molecule has 6 rings (SSSR count). The van der Waals surface area contributed by atoms with Crippen molar-refractivity contribution in [1.82, 2.24) is 19.4 Å². The van der Waals surface area contributed by atoms with Gasteiger partial charge in [-0.1, -0.05) is 18.2 Å². The van der Waals surface area contributed by atoms with Crippen LogP contribution in [0.4, 0.5) is 13.2 Å². The first-order valence-electron chi connectivity index (χ1n) is 11.9. The standard InChI is InChI=1S/C26H23F3N4O4/c27-18-10-21-32-22-19(34)9-16(15-3-1-2-4-20(15)37-25(28)29)23(22)33(21)13-17(18)14-11-30-24(31-12-14)26(35)5-7-36-8-6-26/h1-4,10-13,16,19,25,34-35H,5-9H2/t16-,19-/m1/s1. The lowest BCUT2D eigenvalue weighted by Crippen LogP contribution is -2.35. The Balaban J connectivity index is 1.42. The van der Waals surface area contributed by atoms with Gasteiger partial charge < -0.3 is 24.1 Å². The van der Waals surface area contributed by atoms with E-state index in [0.717, 1.165) is 0 Å². The van der Waals surface area contributed by atoms with Crippen molar-refractivity contribution in [3.05, 3.63) is 77.5 Å². The first-order chi connectivity index (χ1) is 17.8. The van der Waals surface area contributed by atoms with Gasteiger partial charge in [0.05, 0.1) is 17.5 Å². The predicted octanol–water partition coefficient (Wildman–Crippen LogP) is 4.10. The molecule has 1 saturated heterocycles. The number of benzene rings is 1. The molecule has 37 heavy (non-hydrogen) atoms. The molecule has 0 spiro atoms. The molecule has 0 unspecified atom stereocenters. The summed E-state index contributed by atoms with van der Waals surface area (Å²) in [5.41, 5.74) is 1.07.